The van der Waals surface area contributed by atoms with E-state index in [1.54, 1.807) is 13.0 Å². The summed E-state index contributed by atoms with van der Waals surface area (Å²) in [5, 5.41) is 11.4. The molecule has 0 saturated heterocycles. The van der Waals surface area contributed by atoms with Crippen LogP contribution in [0.15, 0.2) is 24.3 Å². The van der Waals surface area contributed by atoms with E-state index in [9.17, 15) is 14.0 Å². The molecule has 0 bridgehead atoms. The molecule has 0 radical (unpaired) electrons. The third-order valence-electron chi connectivity index (χ3n) is 2.92. The molecule has 2 N–H and O–H groups in total. The smallest absolute Gasteiger partial charge is 0.308 e. The Morgan fingerprint density at radius 3 is 2.70 bits per heavy atom. The summed E-state index contributed by atoms with van der Waals surface area (Å²) >= 11 is 0. The van der Waals surface area contributed by atoms with Gasteiger partial charge in [0.15, 0.2) is 0 Å². The molecule has 0 aliphatic carbocycles. The van der Waals surface area contributed by atoms with E-state index in [2.05, 4.69) is 5.32 Å². The van der Waals surface area contributed by atoms with Gasteiger partial charge in [0.1, 0.15) is 11.6 Å². The monoisotopic (exact) mass is 283 g/mol. The molecule has 6 heteroatoms. The lowest BCUT2D eigenvalue weighted by atomic mass is 10.0. The highest BCUT2D eigenvalue weighted by molar-refractivity contribution is 5.78. The SMILES string of the molecule is CC(NC(=O)CCOc1cccc(F)c1)C(C)C(=O)O. The van der Waals surface area contributed by atoms with Crippen LogP contribution in [-0.2, 0) is 9.59 Å². The minimum Gasteiger partial charge on any atom is -0.493 e. The highest BCUT2D eigenvalue weighted by Crippen LogP contribution is 2.12. The third kappa shape index (κ3) is 5.26. The first-order valence-corrected chi connectivity index (χ1v) is 6.30. The maximum Gasteiger partial charge on any atom is 0.308 e. The van der Waals surface area contributed by atoms with E-state index in [-0.39, 0.29) is 18.9 Å². The number of rotatable bonds is 7. The first kappa shape index (κ1) is 15.9. The molecule has 1 amide bonds. The van der Waals surface area contributed by atoms with E-state index in [0.29, 0.717) is 5.75 Å². The Balaban J connectivity index is 2.32. The number of carboxylic acids is 1. The molecule has 1 rings (SSSR count). The van der Waals surface area contributed by atoms with Crippen LogP contribution in [0.5, 0.6) is 5.75 Å². The average molecular weight is 283 g/mol. The zero-order valence-electron chi connectivity index (χ0n) is 11.4. The number of amides is 1. The number of carbonyl (C=O) groups is 2. The molecule has 0 aromatic heterocycles. The van der Waals surface area contributed by atoms with Crippen molar-refractivity contribution in [3.8, 4) is 5.75 Å². The number of carbonyl (C=O) groups excluding carboxylic acids is 1. The van der Waals surface area contributed by atoms with E-state index in [0.717, 1.165) is 0 Å². The standard InChI is InChI=1S/C14H18FNO4/c1-9(14(18)19)10(2)16-13(17)6-7-20-12-5-3-4-11(15)8-12/h3-5,8-10H,6-7H2,1-2H3,(H,16,17)(H,18,19). The van der Waals surface area contributed by atoms with Crippen LogP contribution in [-0.4, -0.2) is 29.6 Å². The highest BCUT2D eigenvalue weighted by atomic mass is 19.1. The summed E-state index contributed by atoms with van der Waals surface area (Å²) in [5.74, 6) is -1.99. The van der Waals surface area contributed by atoms with Crippen molar-refractivity contribution in [2.75, 3.05) is 6.61 Å². The number of ether oxygens (including phenoxy) is 1. The number of aliphatic carboxylic acids is 1. The van der Waals surface area contributed by atoms with Crippen molar-refractivity contribution in [3.05, 3.63) is 30.1 Å². The van der Waals surface area contributed by atoms with Gasteiger partial charge in [0, 0.05) is 12.1 Å². The minimum atomic E-state index is -0.964. The van der Waals surface area contributed by atoms with Gasteiger partial charge in [0.2, 0.25) is 5.91 Å². The molecule has 20 heavy (non-hydrogen) atoms. The van der Waals surface area contributed by atoms with E-state index >= 15 is 0 Å². The predicted molar refractivity (Wildman–Crippen MR) is 70.9 cm³/mol. The quantitative estimate of drug-likeness (QED) is 0.800. The Hall–Kier alpha value is -2.11. The lowest BCUT2D eigenvalue weighted by Crippen LogP contribution is -2.40. The second-order valence-electron chi connectivity index (χ2n) is 4.54. The van der Waals surface area contributed by atoms with Gasteiger partial charge in [-0.15, -0.1) is 0 Å². The summed E-state index contributed by atoms with van der Waals surface area (Å²) in [4.78, 5) is 22.3. The molecule has 5 nitrogen and oxygen atoms in total. The van der Waals surface area contributed by atoms with Gasteiger partial charge in [-0.3, -0.25) is 9.59 Å². The van der Waals surface area contributed by atoms with Gasteiger partial charge < -0.3 is 15.2 Å². The largest absolute Gasteiger partial charge is 0.493 e. The molecule has 1 aromatic carbocycles. The Labute approximate surface area is 116 Å². The number of halogens is 1. The van der Waals surface area contributed by atoms with E-state index < -0.39 is 23.7 Å². The van der Waals surface area contributed by atoms with Gasteiger partial charge in [-0.05, 0) is 26.0 Å². The molecular weight excluding hydrogens is 265 g/mol. The maximum absolute atomic E-state index is 12.9. The fourth-order valence-corrected chi connectivity index (χ4v) is 1.48. The maximum atomic E-state index is 12.9. The molecular formula is C14H18FNO4. The van der Waals surface area contributed by atoms with Crippen molar-refractivity contribution in [2.24, 2.45) is 5.92 Å². The van der Waals surface area contributed by atoms with Crippen molar-refractivity contribution in [1.29, 1.82) is 0 Å². The summed E-state index contributed by atoms with van der Waals surface area (Å²) in [6.45, 7) is 3.25. The van der Waals surface area contributed by atoms with Crippen LogP contribution in [0.3, 0.4) is 0 Å². The first-order chi connectivity index (χ1) is 9.40. The van der Waals surface area contributed by atoms with Crippen LogP contribution < -0.4 is 10.1 Å². The molecule has 1 aromatic rings. The fourth-order valence-electron chi connectivity index (χ4n) is 1.48. The number of hydrogen-bond acceptors (Lipinski definition) is 3. The molecule has 0 spiro atoms. The lowest BCUT2D eigenvalue weighted by Gasteiger charge is -2.17. The predicted octanol–water partition coefficient (Wildman–Crippen LogP) is 1.82. The second kappa shape index (κ2) is 7.47. The van der Waals surface area contributed by atoms with Gasteiger partial charge in [0.25, 0.3) is 0 Å². The van der Waals surface area contributed by atoms with Crippen LogP contribution >= 0.6 is 0 Å². The fraction of sp³-hybridized carbons (Fsp3) is 0.429. The van der Waals surface area contributed by atoms with Gasteiger partial charge in [-0.2, -0.15) is 0 Å². The summed E-state index contributed by atoms with van der Waals surface area (Å²) in [6.07, 6.45) is 0.0766. The molecule has 2 atom stereocenters. The number of nitrogens with one attached hydrogen (secondary N) is 1. The lowest BCUT2D eigenvalue weighted by molar-refractivity contribution is -0.142. The van der Waals surface area contributed by atoms with Crippen LogP contribution in [0, 0.1) is 11.7 Å². The normalized spacial score (nSPS) is 13.3. The Bertz CT molecular complexity index is 478. The molecule has 0 aliphatic heterocycles. The van der Waals surface area contributed by atoms with Gasteiger partial charge in [0.05, 0.1) is 18.9 Å². The van der Waals surface area contributed by atoms with Gasteiger partial charge in [-0.25, -0.2) is 4.39 Å². The van der Waals surface area contributed by atoms with Crippen molar-refractivity contribution in [1.82, 2.24) is 5.32 Å². The Kier molecular flexibility index (Phi) is 5.96. The van der Waals surface area contributed by atoms with Gasteiger partial charge >= 0.3 is 5.97 Å². The van der Waals surface area contributed by atoms with E-state index in [4.69, 9.17) is 9.84 Å². The zero-order chi connectivity index (χ0) is 15.1. The zero-order valence-corrected chi connectivity index (χ0v) is 11.4. The Morgan fingerprint density at radius 1 is 1.40 bits per heavy atom. The van der Waals surface area contributed by atoms with Crippen LogP contribution in [0.25, 0.3) is 0 Å². The van der Waals surface area contributed by atoms with Crippen LogP contribution in [0.1, 0.15) is 20.3 Å². The van der Waals surface area contributed by atoms with Gasteiger partial charge in [-0.1, -0.05) is 6.07 Å². The van der Waals surface area contributed by atoms with Crippen LogP contribution in [0.2, 0.25) is 0 Å². The molecule has 0 saturated carbocycles. The van der Waals surface area contributed by atoms with E-state index in [1.807, 2.05) is 0 Å². The van der Waals surface area contributed by atoms with Crippen molar-refractivity contribution >= 4 is 11.9 Å². The summed E-state index contributed by atoms with van der Waals surface area (Å²) in [5.41, 5.74) is 0. The number of benzene rings is 1. The molecule has 0 heterocycles. The van der Waals surface area contributed by atoms with Crippen molar-refractivity contribution in [2.45, 2.75) is 26.3 Å². The number of hydrogen-bond donors (Lipinski definition) is 2. The molecule has 110 valence electrons. The van der Waals surface area contributed by atoms with Crippen molar-refractivity contribution in [3.63, 3.8) is 0 Å². The molecule has 2 unspecified atom stereocenters. The molecule has 0 fully saturated rings. The second-order valence-corrected chi connectivity index (χ2v) is 4.54. The third-order valence-corrected chi connectivity index (χ3v) is 2.92. The first-order valence-electron chi connectivity index (χ1n) is 6.30. The summed E-state index contributed by atoms with van der Waals surface area (Å²) < 4.78 is 18.1. The van der Waals surface area contributed by atoms with Crippen molar-refractivity contribution < 1.29 is 23.8 Å². The Morgan fingerprint density at radius 2 is 2.10 bits per heavy atom. The summed E-state index contributed by atoms with van der Waals surface area (Å²) in [7, 11) is 0. The number of carboxylic acid groups (broad SMARTS) is 1. The van der Waals surface area contributed by atoms with E-state index in [1.165, 1.54) is 25.1 Å². The minimum absolute atomic E-state index is 0.0766. The topological polar surface area (TPSA) is 75.6 Å². The average Bonchev–Trinajstić information content (AvgIpc) is 2.37. The highest BCUT2D eigenvalue weighted by Gasteiger charge is 2.20. The van der Waals surface area contributed by atoms with Crippen LogP contribution in [0.4, 0.5) is 4.39 Å². The summed E-state index contributed by atoms with van der Waals surface area (Å²) in [6, 6.07) is 5.17. The molecule has 0 aliphatic rings.